The summed E-state index contributed by atoms with van der Waals surface area (Å²) in [7, 11) is 1.59. The lowest BCUT2D eigenvalue weighted by Gasteiger charge is -2.15. The fraction of sp³-hybridized carbons (Fsp3) is 0.400. The summed E-state index contributed by atoms with van der Waals surface area (Å²) < 4.78 is 7.03. The average Bonchev–Trinajstić information content (AvgIpc) is 2.89. The Labute approximate surface area is 113 Å². The Kier molecular flexibility index (Phi) is 4.22. The molecule has 0 aliphatic heterocycles. The molecule has 1 aromatic carbocycles. The molecule has 0 saturated heterocycles. The number of nitrogens with zero attached hydrogens (tertiary/aromatic N) is 2. The molecule has 1 aromatic heterocycles. The highest BCUT2D eigenvalue weighted by molar-refractivity contribution is 5.35. The number of aromatic nitrogens is 2. The number of ether oxygens (including phenoxy) is 1. The summed E-state index contributed by atoms with van der Waals surface area (Å²) in [5.41, 5.74) is 2.81. The number of hydrogen-bond donors (Lipinski definition) is 1. The van der Waals surface area contributed by atoms with E-state index in [-0.39, 0.29) is 0 Å². The van der Waals surface area contributed by atoms with Crippen LogP contribution >= 0.6 is 0 Å². The van der Waals surface area contributed by atoms with Gasteiger partial charge in [0.15, 0.2) is 5.75 Å². The van der Waals surface area contributed by atoms with Crippen LogP contribution in [0.5, 0.6) is 5.75 Å². The molecular formula is C15H20N2O2. The molecule has 2 aromatic rings. The van der Waals surface area contributed by atoms with E-state index in [4.69, 9.17) is 4.74 Å². The molecule has 0 spiro atoms. The molecule has 2 rings (SSSR count). The second-order valence-electron chi connectivity index (χ2n) is 4.41. The number of aliphatic hydroxyl groups is 1. The van der Waals surface area contributed by atoms with Crippen molar-refractivity contribution in [2.75, 3.05) is 7.11 Å². The second-order valence-corrected chi connectivity index (χ2v) is 4.41. The standard InChI is InChI=1S/C15H20N2O2/c1-4-11-6-8-12(9-7-11)15(18)14-13(19-3)10-16-17(14)5-2/h6-10,15,18H,4-5H2,1-3H3. The van der Waals surface area contributed by atoms with Crippen LogP contribution in [0.2, 0.25) is 0 Å². The van der Waals surface area contributed by atoms with Crippen LogP contribution in [-0.4, -0.2) is 22.0 Å². The van der Waals surface area contributed by atoms with Crippen LogP contribution < -0.4 is 4.74 Å². The molecule has 0 bridgehead atoms. The van der Waals surface area contributed by atoms with E-state index in [1.54, 1.807) is 18.0 Å². The van der Waals surface area contributed by atoms with Gasteiger partial charge < -0.3 is 9.84 Å². The molecule has 1 N–H and O–H groups in total. The maximum Gasteiger partial charge on any atom is 0.163 e. The minimum atomic E-state index is -0.719. The van der Waals surface area contributed by atoms with Gasteiger partial charge in [-0.2, -0.15) is 5.10 Å². The number of rotatable bonds is 5. The van der Waals surface area contributed by atoms with Gasteiger partial charge in [-0.05, 0) is 24.5 Å². The number of benzene rings is 1. The minimum Gasteiger partial charge on any atom is -0.493 e. The molecule has 4 nitrogen and oxygen atoms in total. The van der Waals surface area contributed by atoms with Crippen LogP contribution in [0, 0.1) is 0 Å². The molecule has 4 heteroatoms. The molecular weight excluding hydrogens is 240 g/mol. The van der Waals surface area contributed by atoms with E-state index in [1.165, 1.54) is 5.56 Å². The lowest BCUT2D eigenvalue weighted by atomic mass is 10.0. The zero-order valence-electron chi connectivity index (χ0n) is 11.6. The maximum absolute atomic E-state index is 10.5. The van der Waals surface area contributed by atoms with Crippen LogP contribution in [0.3, 0.4) is 0 Å². The molecule has 0 aliphatic rings. The van der Waals surface area contributed by atoms with Crippen molar-refractivity contribution in [3.8, 4) is 5.75 Å². The van der Waals surface area contributed by atoms with E-state index >= 15 is 0 Å². The first-order chi connectivity index (χ1) is 9.21. The molecule has 0 saturated carbocycles. The zero-order valence-corrected chi connectivity index (χ0v) is 11.6. The van der Waals surface area contributed by atoms with Gasteiger partial charge in [0.25, 0.3) is 0 Å². The van der Waals surface area contributed by atoms with Crippen molar-refractivity contribution in [3.05, 3.63) is 47.3 Å². The summed E-state index contributed by atoms with van der Waals surface area (Å²) in [5.74, 6) is 0.619. The molecule has 102 valence electrons. The lowest BCUT2D eigenvalue weighted by molar-refractivity contribution is 0.202. The normalized spacial score (nSPS) is 12.4. The number of methoxy groups -OCH3 is 1. The van der Waals surface area contributed by atoms with Gasteiger partial charge >= 0.3 is 0 Å². The van der Waals surface area contributed by atoms with E-state index < -0.39 is 6.10 Å². The molecule has 1 atom stereocenters. The van der Waals surface area contributed by atoms with E-state index in [9.17, 15) is 5.11 Å². The highest BCUT2D eigenvalue weighted by Gasteiger charge is 2.20. The van der Waals surface area contributed by atoms with Crippen molar-refractivity contribution >= 4 is 0 Å². The predicted octanol–water partition coefficient (Wildman–Crippen LogP) is 2.56. The van der Waals surface area contributed by atoms with Gasteiger partial charge in [0, 0.05) is 6.54 Å². The highest BCUT2D eigenvalue weighted by Crippen LogP contribution is 2.29. The Balaban J connectivity index is 2.36. The Morgan fingerprint density at radius 3 is 2.47 bits per heavy atom. The van der Waals surface area contributed by atoms with Gasteiger partial charge in [0.2, 0.25) is 0 Å². The summed E-state index contributed by atoms with van der Waals surface area (Å²) in [6.07, 6.45) is 1.91. The van der Waals surface area contributed by atoms with Crippen molar-refractivity contribution in [2.45, 2.75) is 32.9 Å². The highest BCUT2D eigenvalue weighted by atomic mass is 16.5. The number of hydrogen-bond acceptors (Lipinski definition) is 3. The van der Waals surface area contributed by atoms with E-state index in [1.807, 2.05) is 31.2 Å². The molecule has 0 amide bonds. The maximum atomic E-state index is 10.5. The largest absolute Gasteiger partial charge is 0.493 e. The molecule has 1 heterocycles. The van der Waals surface area contributed by atoms with Crippen molar-refractivity contribution in [1.82, 2.24) is 9.78 Å². The first kappa shape index (κ1) is 13.6. The van der Waals surface area contributed by atoms with Gasteiger partial charge in [-0.1, -0.05) is 31.2 Å². The fourth-order valence-electron chi connectivity index (χ4n) is 2.16. The predicted molar refractivity (Wildman–Crippen MR) is 74.3 cm³/mol. The van der Waals surface area contributed by atoms with Crippen molar-refractivity contribution in [1.29, 1.82) is 0 Å². The lowest BCUT2D eigenvalue weighted by Crippen LogP contribution is -2.10. The van der Waals surface area contributed by atoms with Gasteiger partial charge in [-0.15, -0.1) is 0 Å². The topological polar surface area (TPSA) is 47.3 Å². The third-order valence-corrected chi connectivity index (χ3v) is 3.33. The van der Waals surface area contributed by atoms with Crippen LogP contribution in [0.25, 0.3) is 0 Å². The molecule has 19 heavy (non-hydrogen) atoms. The average molecular weight is 260 g/mol. The Bertz CT molecular complexity index is 510. The van der Waals surface area contributed by atoms with Gasteiger partial charge in [-0.3, -0.25) is 4.68 Å². The SMILES string of the molecule is CCc1ccc(C(O)c2c(OC)cnn2CC)cc1. The quantitative estimate of drug-likeness (QED) is 0.898. The molecule has 0 fully saturated rings. The Morgan fingerprint density at radius 1 is 1.26 bits per heavy atom. The van der Waals surface area contributed by atoms with Crippen molar-refractivity contribution < 1.29 is 9.84 Å². The van der Waals surface area contributed by atoms with Gasteiger partial charge in [-0.25, -0.2) is 0 Å². The molecule has 1 unspecified atom stereocenters. The van der Waals surface area contributed by atoms with Crippen molar-refractivity contribution in [2.24, 2.45) is 0 Å². The summed E-state index contributed by atoms with van der Waals surface area (Å²) >= 11 is 0. The fourth-order valence-corrected chi connectivity index (χ4v) is 2.16. The van der Waals surface area contributed by atoms with Crippen LogP contribution in [0.4, 0.5) is 0 Å². The number of aliphatic hydroxyl groups excluding tert-OH is 1. The number of aryl methyl sites for hydroxylation is 2. The molecule has 0 radical (unpaired) electrons. The smallest absolute Gasteiger partial charge is 0.163 e. The van der Waals surface area contributed by atoms with Crippen molar-refractivity contribution in [3.63, 3.8) is 0 Å². The second kappa shape index (κ2) is 5.89. The first-order valence-electron chi connectivity index (χ1n) is 6.57. The third kappa shape index (κ3) is 2.63. The van der Waals surface area contributed by atoms with Crippen LogP contribution in [0.15, 0.2) is 30.5 Å². The first-order valence-corrected chi connectivity index (χ1v) is 6.57. The summed E-state index contributed by atoms with van der Waals surface area (Å²) in [6, 6.07) is 7.99. The Morgan fingerprint density at radius 2 is 1.95 bits per heavy atom. The van der Waals surface area contributed by atoms with Crippen LogP contribution in [-0.2, 0) is 13.0 Å². The van der Waals surface area contributed by atoms with Gasteiger partial charge in [0.1, 0.15) is 11.8 Å². The van der Waals surface area contributed by atoms with E-state index in [0.29, 0.717) is 18.0 Å². The summed E-state index contributed by atoms with van der Waals surface area (Å²) in [6.45, 7) is 4.80. The minimum absolute atomic E-state index is 0.619. The summed E-state index contributed by atoms with van der Waals surface area (Å²) in [5, 5.41) is 14.7. The van der Waals surface area contributed by atoms with Gasteiger partial charge in [0.05, 0.1) is 13.3 Å². The third-order valence-electron chi connectivity index (χ3n) is 3.33. The monoisotopic (exact) mass is 260 g/mol. The zero-order chi connectivity index (χ0) is 13.8. The van der Waals surface area contributed by atoms with E-state index in [2.05, 4.69) is 12.0 Å². The molecule has 0 aliphatic carbocycles. The van der Waals surface area contributed by atoms with E-state index in [0.717, 1.165) is 12.0 Å². The Hall–Kier alpha value is -1.81. The van der Waals surface area contributed by atoms with Crippen LogP contribution in [0.1, 0.15) is 36.8 Å². The summed E-state index contributed by atoms with van der Waals surface area (Å²) in [4.78, 5) is 0.